The van der Waals surface area contributed by atoms with Gasteiger partial charge in [0, 0.05) is 31.9 Å². The fraction of sp³-hybridized carbons (Fsp3) is 0. The highest BCUT2D eigenvalue weighted by Gasteiger charge is 2.28. The van der Waals surface area contributed by atoms with Gasteiger partial charge in [-0.2, -0.15) is 0 Å². The average Bonchev–Trinajstić information content (AvgIpc) is 3.68. The summed E-state index contributed by atoms with van der Waals surface area (Å²) in [4.78, 5) is 4.93. The number of nitrogens with zero attached hydrogens (tertiary/aromatic N) is 2. The normalized spacial score (nSPS) is 12.0. The SMILES string of the molecule is c1ccc(-c2cc(-c3ccccc3)cc(-c3ccc(-n4c5ccccc5c5cc6c(cc54)Sc4ccccc4N6c4cc(-c5ccccc5)cc(-c5ccccc5)c4)cc3)c2)cc1. The molecule has 1 aromatic heterocycles. The summed E-state index contributed by atoms with van der Waals surface area (Å²) in [6.07, 6.45) is 0. The Kier molecular flexibility index (Phi) is 9.13. The van der Waals surface area contributed by atoms with Crippen molar-refractivity contribution in [2.75, 3.05) is 4.90 Å². The standard InChI is InChI=1S/C60H40N2S/c1-5-17-41(18-6-1)46-33-47(42-19-7-2-8-20-42)35-48(34-46)45-29-31-51(32-30-45)61-55-26-14-13-25-53(55)54-39-58-60(40-57(54)61)63-59-28-16-15-27-56(59)62(58)52-37-49(43-21-9-3-10-22-43)36-50(38-52)44-23-11-4-12-24-44/h1-40H. The fourth-order valence-corrected chi connectivity index (χ4v) is 10.4. The van der Waals surface area contributed by atoms with Crippen LogP contribution in [0.1, 0.15) is 0 Å². The van der Waals surface area contributed by atoms with E-state index in [-0.39, 0.29) is 0 Å². The van der Waals surface area contributed by atoms with Gasteiger partial charge >= 0.3 is 0 Å². The van der Waals surface area contributed by atoms with Crippen molar-refractivity contribution in [3.63, 3.8) is 0 Å². The number of hydrogen-bond donors (Lipinski definition) is 0. The molecule has 0 bridgehead atoms. The summed E-state index contributed by atoms with van der Waals surface area (Å²) in [5.74, 6) is 0. The van der Waals surface area contributed by atoms with E-state index in [4.69, 9.17) is 0 Å². The third-order valence-corrected chi connectivity index (χ3v) is 13.4. The van der Waals surface area contributed by atoms with Crippen LogP contribution in [-0.2, 0) is 0 Å². The Morgan fingerprint density at radius 2 is 0.698 bits per heavy atom. The van der Waals surface area contributed by atoms with Crippen LogP contribution < -0.4 is 4.90 Å². The zero-order chi connectivity index (χ0) is 41.7. The quantitative estimate of drug-likeness (QED) is 0.158. The molecule has 0 N–H and O–H groups in total. The second-order valence-electron chi connectivity index (χ2n) is 16.2. The molecular weight excluding hydrogens is 781 g/mol. The summed E-state index contributed by atoms with van der Waals surface area (Å²) in [5.41, 5.74) is 19.0. The number of para-hydroxylation sites is 2. The molecule has 63 heavy (non-hydrogen) atoms. The molecule has 0 amide bonds. The second-order valence-corrected chi connectivity index (χ2v) is 17.3. The largest absolute Gasteiger partial charge is 0.309 e. The van der Waals surface area contributed by atoms with Gasteiger partial charge in [0.15, 0.2) is 0 Å². The predicted octanol–water partition coefficient (Wildman–Crippen LogP) is 17.1. The summed E-state index contributed by atoms with van der Waals surface area (Å²) >= 11 is 1.85. The van der Waals surface area contributed by atoms with E-state index >= 15 is 0 Å². The van der Waals surface area contributed by atoms with Gasteiger partial charge in [0.05, 0.1) is 22.4 Å². The molecule has 0 aliphatic carbocycles. The van der Waals surface area contributed by atoms with E-state index in [2.05, 4.69) is 252 Å². The van der Waals surface area contributed by atoms with Crippen molar-refractivity contribution in [2.24, 2.45) is 0 Å². The molecule has 12 rings (SSSR count). The van der Waals surface area contributed by atoms with Gasteiger partial charge in [0.2, 0.25) is 0 Å². The van der Waals surface area contributed by atoms with E-state index in [9.17, 15) is 0 Å². The molecule has 0 unspecified atom stereocenters. The maximum Gasteiger partial charge on any atom is 0.0609 e. The fourth-order valence-electron chi connectivity index (χ4n) is 9.30. The van der Waals surface area contributed by atoms with Gasteiger partial charge in [-0.1, -0.05) is 176 Å². The second kappa shape index (κ2) is 15.6. The van der Waals surface area contributed by atoms with Gasteiger partial charge < -0.3 is 9.47 Å². The predicted molar refractivity (Wildman–Crippen MR) is 267 cm³/mol. The Morgan fingerprint density at radius 1 is 0.254 bits per heavy atom. The topological polar surface area (TPSA) is 8.17 Å². The van der Waals surface area contributed by atoms with Gasteiger partial charge in [-0.25, -0.2) is 0 Å². The summed E-state index contributed by atoms with van der Waals surface area (Å²) in [7, 11) is 0. The highest BCUT2D eigenvalue weighted by molar-refractivity contribution is 7.99. The number of rotatable bonds is 7. The van der Waals surface area contributed by atoms with Gasteiger partial charge in [-0.05, 0) is 134 Å². The van der Waals surface area contributed by atoms with Crippen LogP contribution in [0.2, 0.25) is 0 Å². The summed E-state index contributed by atoms with van der Waals surface area (Å²) in [6, 6.07) is 88.5. The van der Waals surface area contributed by atoms with Crippen LogP contribution >= 0.6 is 11.8 Å². The summed E-state index contributed by atoms with van der Waals surface area (Å²) < 4.78 is 2.44. The minimum atomic E-state index is 1.13. The molecule has 0 fully saturated rings. The number of anilines is 3. The van der Waals surface area contributed by atoms with E-state index in [0.717, 1.165) is 11.4 Å². The molecule has 0 saturated carbocycles. The minimum Gasteiger partial charge on any atom is -0.309 e. The van der Waals surface area contributed by atoms with Crippen molar-refractivity contribution in [3.8, 4) is 61.3 Å². The van der Waals surface area contributed by atoms with E-state index < -0.39 is 0 Å². The molecule has 2 nitrogen and oxygen atoms in total. The average molecular weight is 821 g/mol. The monoisotopic (exact) mass is 820 g/mol. The first-order valence-corrected chi connectivity index (χ1v) is 22.3. The molecule has 11 aromatic rings. The van der Waals surface area contributed by atoms with Crippen molar-refractivity contribution in [1.29, 1.82) is 0 Å². The molecule has 1 aliphatic rings. The molecule has 1 aliphatic heterocycles. The minimum absolute atomic E-state index is 1.13. The van der Waals surface area contributed by atoms with Crippen molar-refractivity contribution in [3.05, 3.63) is 243 Å². The maximum atomic E-state index is 2.48. The first-order chi connectivity index (χ1) is 31.2. The van der Waals surface area contributed by atoms with Gasteiger partial charge in [0.25, 0.3) is 0 Å². The molecule has 296 valence electrons. The van der Waals surface area contributed by atoms with Crippen LogP contribution in [0, 0.1) is 0 Å². The zero-order valence-corrected chi connectivity index (χ0v) is 35.2. The van der Waals surface area contributed by atoms with Crippen LogP contribution in [-0.4, -0.2) is 4.57 Å². The zero-order valence-electron chi connectivity index (χ0n) is 34.4. The Labute approximate surface area is 372 Å². The molecule has 2 heterocycles. The lowest BCUT2D eigenvalue weighted by Crippen LogP contribution is -2.15. The molecule has 0 radical (unpaired) electrons. The number of benzene rings is 10. The molecule has 0 spiro atoms. The molecule has 3 heteroatoms. The molecule has 0 saturated heterocycles. The lowest BCUT2D eigenvalue weighted by Gasteiger charge is -2.33. The first kappa shape index (κ1) is 37.0. The lowest BCUT2D eigenvalue weighted by molar-refractivity contribution is 1.15. The van der Waals surface area contributed by atoms with Crippen molar-refractivity contribution in [1.82, 2.24) is 4.57 Å². The Morgan fingerprint density at radius 3 is 1.24 bits per heavy atom. The van der Waals surface area contributed by atoms with E-state index in [0.29, 0.717) is 0 Å². The molecule has 10 aromatic carbocycles. The third-order valence-electron chi connectivity index (χ3n) is 12.3. The van der Waals surface area contributed by atoms with Crippen molar-refractivity contribution >= 4 is 50.6 Å². The van der Waals surface area contributed by atoms with Crippen LogP contribution in [0.25, 0.3) is 83.1 Å². The van der Waals surface area contributed by atoms with Crippen molar-refractivity contribution < 1.29 is 0 Å². The maximum absolute atomic E-state index is 2.48. The Bertz CT molecular complexity index is 3330. The van der Waals surface area contributed by atoms with Gasteiger partial charge in [-0.3, -0.25) is 0 Å². The van der Waals surface area contributed by atoms with Gasteiger partial charge in [-0.15, -0.1) is 0 Å². The van der Waals surface area contributed by atoms with Crippen LogP contribution in [0.3, 0.4) is 0 Å². The molecule has 0 atom stereocenters. The molecular formula is C60H40N2S. The van der Waals surface area contributed by atoms with Crippen molar-refractivity contribution in [2.45, 2.75) is 9.79 Å². The number of fused-ring (bicyclic) bond motifs is 5. The highest BCUT2D eigenvalue weighted by atomic mass is 32.2. The Hall–Kier alpha value is -7.85. The number of aromatic nitrogens is 1. The highest BCUT2D eigenvalue weighted by Crippen LogP contribution is 2.54. The van der Waals surface area contributed by atoms with E-state index in [1.54, 1.807) is 0 Å². The summed E-state index contributed by atoms with van der Waals surface area (Å²) in [6.45, 7) is 0. The van der Waals surface area contributed by atoms with E-state index in [1.165, 1.54) is 98.6 Å². The van der Waals surface area contributed by atoms with Crippen LogP contribution in [0.15, 0.2) is 252 Å². The first-order valence-electron chi connectivity index (χ1n) is 21.5. The smallest absolute Gasteiger partial charge is 0.0609 e. The van der Waals surface area contributed by atoms with Crippen LogP contribution in [0.4, 0.5) is 17.1 Å². The van der Waals surface area contributed by atoms with Crippen LogP contribution in [0.5, 0.6) is 0 Å². The number of hydrogen-bond acceptors (Lipinski definition) is 2. The van der Waals surface area contributed by atoms with E-state index in [1.807, 2.05) is 11.8 Å². The summed E-state index contributed by atoms with van der Waals surface area (Å²) in [5, 5.41) is 2.46. The lowest BCUT2D eigenvalue weighted by atomic mass is 9.93. The Balaban J connectivity index is 1.01. The third kappa shape index (κ3) is 6.71. The van der Waals surface area contributed by atoms with Gasteiger partial charge in [0.1, 0.15) is 0 Å².